The molecule has 0 N–H and O–H groups in total. The number of allylic oxidation sites excluding steroid dienone is 3. The Morgan fingerprint density at radius 1 is 0.808 bits per heavy atom. The van der Waals surface area contributed by atoms with E-state index < -0.39 is 0 Å². The molecular formula is C24H26Cl2. The first-order chi connectivity index (χ1) is 12.2. The van der Waals surface area contributed by atoms with Crippen LogP contribution in [0.4, 0.5) is 0 Å². The number of hydrogen-bond acceptors (Lipinski definition) is 0. The van der Waals surface area contributed by atoms with Crippen LogP contribution < -0.4 is 0 Å². The Labute approximate surface area is 167 Å². The summed E-state index contributed by atoms with van der Waals surface area (Å²) in [6.45, 7) is 11.6. The summed E-state index contributed by atoms with van der Waals surface area (Å²) in [7, 11) is 0. The number of benzene rings is 2. The van der Waals surface area contributed by atoms with Crippen LogP contribution in [-0.2, 0) is 0 Å². The third kappa shape index (κ3) is 3.77. The van der Waals surface area contributed by atoms with Crippen molar-refractivity contribution >= 4 is 28.8 Å². The van der Waals surface area contributed by atoms with Crippen LogP contribution in [0.15, 0.2) is 65.8 Å². The molecule has 2 aromatic rings. The number of hydrogen-bond donors (Lipinski definition) is 0. The molecule has 0 heterocycles. The number of halogens is 2. The van der Waals surface area contributed by atoms with E-state index in [4.69, 9.17) is 23.2 Å². The second kappa shape index (κ2) is 7.25. The summed E-state index contributed by atoms with van der Waals surface area (Å²) in [4.78, 5) is 0. The van der Waals surface area contributed by atoms with E-state index in [0.717, 1.165) is 10.0 Å². The predicted molar refractivity (Wildman–Crippen MR) is 115 cm³/mol. The molecule has 0 saturated heterocycles. The van der Waals surface area contributed by atoms with Gasteiger partial charge in [-0.15, -0.1) is 0 Å². The normalized spacial score (nSPS) is 20.3. The lowest BCUT2D eigenvalue weighted by molar-refractivity contribution is 0.251. The van der Waals surface area contributed by atoms with Crippen molar-refractivity contribution in [1.82, 2.24) is 0 Å². The van der Waals surface area contributed by atoms with E-state index >= 15 is 0 Å². The molecule has 0 aromatic heterocycles. The summed E-state index contributed by atoms with van der Waals surface area (Å²) in [5.41, 5.74) is 6.70. The van der Waals surface area contributed by atoms with Gasteiger partial charge in [-0.2, -0.15) is 0 Å². The van der Waals surface area contributed by atoms with Crippen LogP contribution >= 0.6 is 23.2 Å². The van der Waals surface area contributed by atoms with Gasteiger partial charge < -0.3 is 0 Å². The second-order valence-electron chi connectivity index (χ2n) is 8.33. The molecule has 136 valence electrons. The third-order valence-electron chi connectivity index (χ3n) is 5.38. The first-order valence-corrected chi connectivity index (χ1v) is 9.89. The maximum absolute atomic E-state index is 6.14. The maximum Gasteiger partial charge on any atom is 0.0406 e. The van der Waals surface area contributed by atoms with Gasteiger partial charge >= 0.3 is 0 Å². The van der Waals surface area contributed by atoms with Gasteiger partial charge in [-0.05, 0) is 70.7 Å². The lowest BCUT2D eigenvalue weighted by Crippen LogP contribution is -2.23. The summed E-state index contributed by atoms with van der Waals surface area (Å²) in [5, 5.41) is 1.52. The first-order valence-electron chi connectivity index (χ1n) is 9.13. The smallest absolute Gasteiger partial charge is 0.0406 e. The minimum atomic E-state index is 0.230. The molecule has 0 nitrogen and oxygen atoms in total. The summed E-state index contributed by atoms with van der Waals surface area (Å²) >= 11 is 12.3. The fourth-order valence-corrected chi connectivity index (χ4v) is 4.43. The van der Waals surface area contributed by atoms with Crippen molar-refractivity contribution in [3.05, 3.63) is 86.9 Å². The van der Waals surface area contributed by atoms with Gasteiger partial charge in [0, 0.05) is 10.0 Å². The van der Waals surface area contributed by atoms with Crippen LogP contribution in [-0.4, -0.2) is 0 Å². The highest BCUT2D eigenvalue weighted by atomic mass is 35.5. The average Bonchev–Trinajstić information content (AvgIpc) is 2.87. The minimum Gasteiger partial charge on any atom is -0.0843 e. The van der Waals surface area contributed by atoms with Gasteiger partial charge in [0.15, 0.2) is 0 Å². The standard InChI is InChI=1S/C24H26Cl2/c1-15-14-21(24(3,4)5)16(2)22(15)23(17-6-10-19(25)11-7-17)18-8-12-20(26)13-9-18/h6-14,16,21H,1-5H3. The summed E-state index contributed by atoms with van der Waals surface area (Å²) in [6.07, 6.45) is 2.45. The summed E-state index contributed by atoms with van der Waals surface area (Å²) < 4.78 is 0. The molecule has 0 saturated carbocycles. The topological polar surface area (TPSA) is 0 Å². The van der Waals surface area contributed by atoms with Crippen LogP contribution in [0.5, 0.6) is 0 Å². The van der Waals surface area contributed by atoms with Crippen molar-refractivity contribution in [1.29, 1.82) is 0 Å². The highest BCUT2D eigenvalue weighted by Crippen LogP contribution is 2.48. The summed E-state index contributed by atoms with van der Waals surface area (Å²) in [6, 6.07) is 16.3. The zero-order chi connectivity index (χ0) is 19.1. The summed E-state index contributed by atoms with van der Waals surface area (Å²) in [5.74, 6) is 0.975. The molecule has 0 radical (unpaired) electrons. The van der Waals surface area contributed by atoms with E-state index in [-0.39, 0.29) is 5.41 Å². The van der Waals surface area contributed by atoms with Gasteiger partial charge in [0.2, 0.25) is 0 Å². The van der Waals surface area contributed by atoms with E-state index in [1.165, 1.54) is 27.8 Å². The van der Waals surface area contributed by atoms with Crippen LogP contribution in [0.2, 0.25) is 10.0 Å². The SMILES string of the molecule is CC1=CC(C(C)(C)C)C(C)C1=C(c1ccc(Cl)cc1)c1ccc(Cl)cc1. The molecule has 0 aliphatic heterocycles. The fourth-order valence-electron chi connectivity index (χ4n) is 4.18. The molecule has 0 amide bonds. The van der Waals surface area contributed by atoms with Gasteiger partial charge in [0.05, 0.1) is 0 Å². The largest absolute Gasteiger partial charge is 0.0843 e. The van der Waals surface area contributed by atoms with Crippen molar-refractivity contribution in [2.75, 3.05) is 0 Å². The van der Waals surface area contributed by atoms with Gasteiger partial charge in [-0.3, -0.25) is 0 Å². The molecule has 26 heavy (non-hydrogen) atoms. The van der Waals surface area contributed by atoms with Crippen molar-refractivity contribution in [3.8, 4) is 0 Å². The Bertz CT molecular complexity index is 799. The van der Waals surface area contributed by atoms with Crippen molar-refractivity contribution < 1.29 is 0 Å². The number of rotatable bonds is 2. The maximum atomic E-state index is 6.14. The van der Waals surface area contributed by atoms with E-state index in [1.54, 1.807) is 0 Å². The zero-order valence-corrected chi connectivity index (χ0v) is 17.6. The fraction of sp³-hybridized carbons (Fsp3) is 0.333. The highest BCUT2D eigenvalue weighted by Gasteiger charge is 2.36. The lowest BCUT2D eigenvalue weighted by atomic mass is 9.73. The van der Waals surface area contributed by atoms with Gasteiger partial charge in [0.25, 0.3) is 0 Å². The van der Waals surface area contributed by atoms with E-state index in [2.05, 4.69) is 65.0 Å². The molecule has 2 aromatic carbocycles. The molecule has 3 rings (SSSR count). The van der Waals surface area contributed by atoms with Gasteiger partial charge in [-0.1, -0.05) is 86.8 Å². The quantitative estimate of drug-likeness (QED) is 0.490. The van der Waals surface area contributed by atoms with Crippen molar-refractivity contribution in [3.63, 3.8) is 0 Å². The Morgan fingerprint density at radius 3 is 1.58 bits per heavy atom. The second-order valence-corrected chi connectivity index (χ2v) is 9.21. The minimum absolute atomic E-state index is 0.230. The lowest BCUT2D eigenvalue weighted by Gasteiger charge is -2.31. The Kier molecular flexibility index (Phi) is 5.37. The monoisotopic (exact) mass is 384 g/mol. The Balaban J connectivity index is 2.23. The molecule has 0 fully saturated rings. The van der Waals surface area contributed by atoms with Crippen LogP contribution in [0.1, 0.15) is 45.7 Å². The average molecular weight is 385 g/mol. The molecule has 1 aliphatic rings. The van der Waals surface area contributed by atoms with Crippen molar-refractivity contribution in [2.45, 2.75) is 34.6 Å². The van der Waals surface area contributed by atoms with E-state index in [0.29, 0.717) is 11.8 Å². The third-order valence-corrected chi connectivity index (χ3v) is 5.89. The van der Waals surface area contributed by atoms with Crippen LogP contribution in [0.3, 0.4) is 0 Å². The van der Waals surface area contributed by atoms with Crippen LogP contribution in [0, 0.1) is 17.3 Å². The predicted octanol–water partition coefficient (Wildman–Crippen LogP) is 8.05. The van der Waals surface area contributed by atoms with E-state index in [9.17, 15) is 0 Å². The highest BCUT2D eigenvalue weighted by molar-refractivity contribution is 6.31. The molecule has 2 unspecified atom stereocenters. The van der Waals surface area contributed by atoms with Gasteiger partial charge in [0.1, 0.15) is 0 Å². The van der Waals surface area contributed by atoms with Crippen LogP contribution in [0.25, 0.3) is 5.57 Å². The molecular weight excluding hydrogens is 359 g/mol. The molecule has 2 atom stereocenters. The first kappa shape index (κ1) is 19.3. The van der Waals surface area contributed by atoms with Crippen molar-refractivity contribution in [2.24, 2.45) is 17.3 Å². The Hall–Kier alpha value is -1.50. The zero-order valence-electron chi connectivity index (χ0n) is 16.1. The van der Waals surface area contributed by atoms with E-state index in [1.807, 2.05) is 24.3 Å². The molecule has 0 spiro atoms. The molecule has 2 heteroatoms. The Morgan fingerprint density at radius 2 is 1.23 bits per heavy atom. The molecule has 1 aliphatic carbocycles. The van der Waals surface area contributed by atoms with Gasteiger partial charge in [-0.25, -0.2) is 0 Å². The molecule has 0 bridgehead atoms.